The standard InChI is InChI=1S/C4H10N2O3S/c5-6-3-1-10(8,9)2-4(3)7/h3-4,6-7H,1-2,5H2. The first-order chi connectivity index (χ1) is 4.55. The highest BCUT2D eigenvalue weighted by molar-refractivity contribution is 7.91. The normalized spacial score (nSPS) is 38.2. The van der Waals surface area contributed by atoms with E-state index in [4.69, 9.17) is 10.9 Å². The first kappa shape index (κ1) is 7.93. The predicted octanol–water partition coefficient (Wildman–Crippen LogP) is -2.39. The van der Waals surface area contributed by atoms with Crippen molar-refractivity contribution >= 4 is 9.84 Å². The van der Waals surface area contributed by atoms with Crippen molar-refractivity contribution < 1.29 is 13.5 Å². The van der Waals surface area contributed by atoms with E-state index in [1.807, 2.05) is 0 Å². The van der Waals surface area contributed by atoms with Crippen LogP contribution in [0, 0.1) is 0 Å². The second kappa shape index (κ2) is 2.46. The molecule has 0 aromatic carbocycles. The van der Waals surface area contributed by atoms with Gasteiger partial charge in [0.15, 0.2) is 9.84 Å². The van der Waals surface area contributed by atoms with E-state index >= 15 is 0 Å². The highest BCUT2D eigenvalue weighted by atomic mass is 32.2. The average Bonchev–Trinajstić information content (AvgIpc) is 2.05. The monoisotopic (exact) mass is 166 g/mol. The molecule has 1 fully saturated rings. The molecule has 1 saturated heterocycles. The van der Waals surface area contributed by atoms with Gasteiger partial charge in [-0.15, -0.1) is 0 Å². The van der Waals surface area contributed by atoms with Crippen molar-refractivity contribution in [2.24, 2.45) is 5.84 Å². The molecule has 0 aliphatic carbocycles. The predicted molar refractivity (Wildman–Crippen MR) is 35.8 cm³/mol. The second-order valence-corrected chi connectivity index (χ2v) is 4.57. The van der Waals surface area contributed by atoms with Gasteiger partial charge in [-0.05, 0) is 0 Å². The fraction of sp³-hybridized carbons (Fsp3) is 1.00. The number of hydrogen-bond donors (Lipinski definition) is 3. The lowest BCUT2D eigenvalue weighted by Crippen LogP contribution is -2.43. The zero-order chi connectivity index (χ0) is 7.78. The van der Waals surface area contributed by atoms with Gasteiger partial charge in [-0.25, -0.2) is 8.42 Å². The maximum Gasteiger partial charge on any atom is 0.154 e. The molecule has 6 heteroatoms. The molecule has 0 spiro atoms. The van der Waals surface area contributed by atoms with Gasteiger partial charge < -0.3 is 5.11 Å². The smallest absolute Gasteiger partial charge is 0.154 e. The zero-order valence-electron chi connectivity index (χ0n) is 5.32. The van der Waals surface area contributed by atoms with Crippen molar-refractivity contribution in [1.82, 2.24) is 5.43 Å². The lowest BCUT2D eigenvalue weighted by Gasteiger charge is -2.08. The van der Waals surface area contributed by atoms with Crippen LogP contribution in [-0.4, -0.2) is 37.2 Å². The molecule has 60 valence electrons. The average molecular weight is 166 g/mol. The van der Waals surface area contributed by atoms with Crippen molar-refractivity contribution in [2.45, 2.75) is 12.1 Å². The third-order valence-electron chi connectivity index (χ3n) is 1.54. The summed E-state index contributed by atoms with van der Waals surface area (Å²) in [5.41, 5.74) is 2.24. The van der Waals surface area contributed by atoms with Gasteiger partial charge in [-0.3, -0.25) is 11.3 Å². The van der Waals surface area contributed by atoms with Crippen LogP contribution in [0.25, 0.3) is 0 Å². The number of nitrogens with two attached hydrogens (primary N) is 1. The Labute approximate surface area is 59.1 Å². The number of sulfone groups is 1. The summed E-state index contributed by atoms with van der Waals surface area (Å²) in [6.07, 6.45) is -0.852. The summed E-state index contributed by atoms with van der Waals surface area (Å²) in [4.78, 5) is 0. The zero-order valence-corrected chi connectivity index (χ0v) is 6.13. The van der Waals surface area contributed by atoms with Crippen LogP contribution in [-0.2, 0) is 9.84 Å². The van der Waals surface area contributed by atoms with Crippen LogP contribution in [0.3, 0.4) is 0 Å². The molecular formula is C4H10N2O3S. The van der Waals surface area contributed by atoms with Crippen molar-refractivity contribution in [3.8, 4) is 0 Å². The summed E-state index contributed by atoms with van der Waals surface area (Å²) in [6.45, 7) is 0. The molecule has 1 heterocycles. The third kappa shape index (κ3) is 1.46. The van der Waals surface area contributed by atoms with E-state index in [1.54, 1.807) is 0 Å². The molecule has 0 aromatic heterocycles. The molecule has 1 rings (SSSR count). The highest BCUT2D eigenvalue weighted by Crippen LogP contribution is 2.10. The fourth-order valence-corrected chi connectivity index (χ4v) is 2.74. The van der Waals surface area contributed by atoms with Crippen LogP contribution >= 0.6 is 0 Å². The molecule has 10 heavy (non-hydrogen) atoms. The summed E-state index contributed by atoms with van der Waals surface area (Å²) in [5, 5.41) is 9.00. The minimum Gasteiger partial charge on any atom is -0.390 e. The molecule has 2 unspecified atom stereocenters. The van der Waals surface area contributed by atoms with Crippen molar-refractivity contribution in [2.75, 3.05) is 11.5 Å². The first-order valence-corrected chi connectivity index (χ1v) is 4.72. The third-order valence-corrected chi connectivity index (χ3v) is 3.25. The maximum atomic E-state index is 10.8. The van der Waals surface area contributed by atoms with E-state index in [0.717, 1.165) is 0 Å². The van der Waals surface area contributed by atoms with E-state index in [2.05, 4.69) is 5.43 Å². The van der Waals surface area contributed by atoms with Crippen LogP contribution in [0.4, 0.5) is 0 Å². The lowest BCUT2D eigenvalue weighted by atomic mass is 10.2. The molecule has 0 radical (unpaired) electrons. The second-order valence-electron chi connectivity index (χ2n) is 2.42. The number of aliphatic hydroxyl groups is 1. The Kier molecular flexibility index (Phi) is 1.95. The Morgan fingerprint density at radius 3 is 2.30 bits per heavy atom. The van der Waals surface area contributed by atoms with E-state index in [9.17, 15) is 8.42 Å². The molecule has 0 bridgehead atoms. The van der Waals surface area contributed by atoms with Crippen LogP contribution < -0.4 is 11.3 Å². The van der Waals surface area contributed by atoms with Crippen molar-refractivity contribution in [3.63, 3.8) is 0 Å². The minimum absolute atomic E-state index is 0.0648. The van der Waals surface area contributed by atoms with Crippen molar-refractivity contribution in [1.29, 1.82) is 0 Å². The lowest BCUT2D eigenvalue weighted by molar-refractivity contribution is 0.166. The van der Waals surface area contributed by atoms with Gasteiger partial charge in [-0.1, -0.05) is 0 Å². The summed E-state index contributed by atoms with van der Waals surface area (Å²) in [6, 6.07) is -0.495. The molecule has 2 atom stereocenters. The number of hydrazine groups is 1. The molecule has 4 N–H and O–H groups in total. The molecule has 0 saturated carbocycles. The summed E-state index contributed by atoms with van der Waals surface area (Å²) in [7, 11) is -3.05. The molecule has 1 aliphatic rings. The Bertz CT molecular complexity index is 213. The quantitative estimate of drug-likeness (QED) is 0.298. The Morgan fingerprint density at radius 2 is 2.10 bits per heavy atom. The van der Waals surface area contributed by atoms with Gasteiger partial charge in [0.2, 0.25) is 0 Å². The number of nitrogens with one attached hydrogen (secondary N) is 1. The Hall–Kier alpha value is -0.170. The number of hydrogen-bond acceptors (Lipinski definition) is 5. The highest BCUT2D eigenvalue weighted by Gasteiger charge is 2.35. The van der Waals surface area contributed by atoms with Gasteiger partial charge in [-0.2, -0.15) is 0 Å². The van der Waals surface area contributed by atoms with E-state index in [-0.39, 0.29) is 11.5 Å². The Balaban J connectivity index is 2.71. The molecule has 0 aromatic rings. The minimum atomic E-state index is -3.05. The van der Waals surface area contributed by atoms with Crippen LogP contribution in [0.15, 0.2) is 0 Å². The molecule has 5 nitrogen and oxygen atoms in total. The van der Waals surface area contributed by atoms with Crippen molar-refractivity contribution in [3.05, 3.63) is 0 Å². The Morgan fingerprint density at radius 1 is 1.50 bits per heavy atom. The fourth-order valence-electron chi connectivity index (χ4n) is 0.988. The van der Waals surface area contributed by atoms with Gasteiger partial charge >= 0.3 is 0 Å². The topological polar surface area (TPSA) is 92.4 Å². The number of rotatable bonds is 1. The van der Waals surface area contributed by atoms with Crippen LogP contribution in [0.5, 0.6) is 0 Å². The SMILES string of the molecule is NNC1CS(=O)(=O)CC1O. The number of aliphatic hydroxyl groups excluding tert-OH is 1. The van der Waals surface area contributed by atoms with Gasteiger partial charge in [0.05, 0.1) is 23.7 Å². The maximum absolute atomic E-state index is 10.8. The van der Waals surface area contributed by atoms with Gasteiger partial charge in [0.25, 0.3) is 0 Å². The van der Waals surface area contributed by atoms with Crippen LogP contribution in [0.1, 0.15) is 0 Å². The molecule has 0 amide bonds. The molecule has 1 aliphatic heterocycles. The first-order valence-electron chi connectivity index (χ1n) is 2.90. The summed E-state index contributed by atoms with van der Waals surface area (Å²) >= 11 is 0. The largest absolute Gasteiger partial charge is 0.390 e. The summed E-state index contributed by atoms with van der Waals surface area (Å²) in [5.74, 6) is 4.73. The van der Waals surface area contributed by atoms with Crippen LogP contribution in [0.2, 0.25) is 0 Å². The van der Waals surface area contributed by atoms with Gasteiger partial charge in [0.1, 0.15) is 0 Å². The van der Waals surface area contributed by atoms with E-state index < -0.39 is 22.0 Å². The summed E-state index contributed by atoms with van der Waals surface area (Å²) < 4.78 is 21.5. The van der Waals surface area contributed by atoms with Gasteiger partial charge in [0, 0.05) is 0 Å². The molecular weight excluding hydrogens is 156 g/mol. The van der Waals surface area contributed by atoms with E-state index in [1.165, 1.54) is 0 Å². The van der Waals surface area contributed by atoms with E-state index in [0.29, 0.717) is 0 Å².